The lowest BCUT2D eigenvalue weighted by Crippen LogP contribution is -2.17. The highest BCUT2D eigenvalue weighted by Gasteiger charge is 2.24. The van der Waals surface area contributed by atoms with Gasteiger partial charge >= 0.3 is 5.97 Å². The number of hydrogen-bond donors (Lipinski definition) is 2. The molecular weight excluding hydrogens is 400 g/mol. The van der Waals surface area contributed by atoms with Crippen LogP contribution in [0.4, 0.5) is 5.00 Å². The van der Waals surface area contributed by atoms with Gasteiger partial charge in [-0.1, -0.05) is 0 Å². The Hall–Kier alpha value is -2.98. The molecular formula is C18H16N4O4S2. The van der Waals surface area contributed by atoms with Crippen molar-refractivity contribution < 1.29 is 13.9 Å². The first kappa shape index (κ1) is 18.4. The van der Waals surface area contributed by atoms with Crippen molar-refractivity contribution in [2.45, 2.75) is 20.0 Å². The maximum atomic E-state index is 12.7. The third-order valence-corrected chi connectivity index (χ3v) is 6.04. The number of carbonyl (C=O) groups is 1. The minimum atomic E-state index is -0.734. The third-order valence-electron chi connectivity index (χ3n) is 4.21. The zero-order chi connectivity index (χ0) is 19.8. The van der Waals surface area contributed by atoms with Gasteiger partial charge in [-0.15, -0.1) is 11.3 Å². The summed E-state index contributed by atoms with van der Waals surface area (Å²) in [6.45, 7) is 3.41. The highest BCUT2D eigenvalue weighted by Crippen LogP contribution is 2.32. The van der Waals surface area contributed by atoms with Crippen LogP contribution in [0.3, 0.4) is 0 Å². The van der Waals surface area contributed by atoms with Gasteiger partial charge in [-0.3, -0.25) is 4.79 Å². The van der Waals surface area contributed by atoms with E-state index in [0.717, 1.165) is 0 Å². The van der Waals surface area contributed by atoms with Crippen LogP contribution in [0.15, 0.2) is 33.0 Å². The number of rotatable bonds is 5. The minimum absolute atomic E-state index is 0.283. The average Bonchev–Trinajstić information content (AvgIpc) is 3.40. The SMILES string of the molecule is CNc1snc(C)c1C(=O)O[C@H](C)c1nc2scc(-c3ccco3)c2c(=O)[nH]1. The Kier molecular flexibility index (Phi) is 4.73. The summed E-state index contributed by atoms with van der Waals surface area (Å²) in [7, 11) is 1.72. The Morgan fingerprint density at radius 2 is 2.25 bits per heavy atom. The number of aromatic amines is 1. The van der Waals surface area contributed by atoms with Crippen LogP contribution in [0.5, 0.6) is 0 Å². The van der Waals surface area contributed by atoms with Crippen molar-refractivity contribution in [3.8, 4) is 11.3 Å². The number of H-pyrrole nitrogens is 1. The second kappa shape index (κ2) is 7.21. The van der Waals surface area contributed by atoms with Crippen LogP contribution in [0.25, 0.3) is 21.5 Å². The molecule has 4 rings (SSSR count). The standard InChI is InChI=1S/C18H16N4O4S2/c1-8-12(16(19-3)28-22-8)18(24)26-9(2)14-20-15(23)13-10(7-27-17(13)21-14)11-5-4-6-25-11/h4-7,9,19H,1-3H3,(H,20,21,23)/t9-/m1/s1. The number of hydrogen-bond acceptors (Lipinski definition) is 9. The molecule has 144 valence electrons. The monoisotopic (exact) mass is 416 g/mol. The summed E-state index contributed by atoms with van der Waals surface area (Å²) in [5.41, 5.74) is 1.36. The van der Waals surface area contributed by atoms with Crippen molar-refractivity contribution in [2.24, 2.45) is 0 Å². The predicted octanol–water partition coefficient (Wildman–Crippen LogP) is 3.97. The number of furan rings is 1. The fraction of sp³-hybridized carbons (Fsp3) is 0.222. The molecule has 0 saturated heterocycles. The molecule has 0 bridgehead atoms. The van der Waals surface area contributed by atoms with Gasteiger partial charge in [0.05, 0.1) is 17.3 Å². The molecule has 0 amide bonds. The summed E-state index contributed by atoms with van der Waals surface area (Å²) in [6.07, 6.45) is 0.819. The molecule has 8 nitrogen and oxygen atoms in total. The number of carbonyl (C=O) groups excluding carboxylic acids is 1. The molecule has 0 radical (unpaired) electrons. The third kappa shape index (κ3) is 3.10. The summed E-state index contributed by atoms with van der Waals surface area (Å²) < 4.78 is 15.1. The van der Waals surface area contributed by atoms with Gasteiger partial charge < -0.3 is 19.5 Å². The van der Waals surface area contributed by atoms with E-state index in [4.69, 9.17) is 9.15 Å². The number of anilines is 1. The first-order valence-corrected chi connectivity index (χ1v) is 10.0. The number of thiophene rings is 1. The number of aryl methyl sites for hydroxylation is 1. The van der Waals surface area contributed by atoms with Crippen molar-refractivity contribution in [2.75, 3.05) is 12.4 Å². The van der Waals surface area contributed by atoms with Crippen LogP contribution < -0.4 is 10.9 Å². The molecule has 4 heterocycles. The number of nitrogens with zero attached hydrogens (tertiary/aromatic N) is 2. The summed E-state index contributed by atoms with van der Waals surface area (Å²) in [4.78, 5) is 33.0. The van der Waals surface area contributed by atoms with Gasteiger partial charge in [0.25, 0.3) is 5.56 Å². The molecule has 10 heteroatoms. The zero-order valence-electron chi connectivity index (χ0n) is 15.2. The van der Waals surface area contributed by atoms with Gasteiger partial charge in [0.2, 0.25) is 0 Å². The van der Waals surface area contributed by atoms with E-state index in [-0.39, 0.29) is 11.4 Å². The summed E-state index contributed by atoms with van der Waals surface area (Å²) in [6, 6.07) is 3.55. The molecule has 4 aromatic rings. The smallest absolute Gasteiger partial charge is 0.343 e. The average molecular weight is 416 g/mol. The first-order chi connectivity index (χ1) is 13.5. The van der Waals surface area contributed by atoms with E-state index in [2.05, 4.69) is 19.7 Å². The van der Waals surface area contributed by atoms with Crippen LogP contribution in [0.2, 0.25) is 0 Å². The molecule has 0 unspecified atom stereocenters. The highest BCUT2D eigenvalue weighted by atomic mass is 32.1. The number of fused-ring (bicyclic) bond motifs is 1. The molecule has 0 spiro atoms. The molecule has 0 aliphatic rings. The van der Waals surface area contributed by atoms with Crippen LogP contribution in [0.1, 0.15) is 34.9 Å². The molecule has 28 heavy (non-hydrogen) atoms. The van der Waals surface area contributed by atoms with Crippen molar-refractivity contribution in [3.05, 3.63) is 51.2 Å². The maximum Gasteiger partial charge on any atom is 0.343 e. The largest absolute Gasteiger partial charge is 0.464 e. The Morgan fingerprint density at radius 3 is 2.96 bits per heavy atom. The van der Waals surface area contributed by atoms with E-state index in [1.54, 1.807) is 39.3 Å². The second-order valence-corrected chi connectivity index (χ2v) is 7.66. The van der Waals surface area contributed by atoms with E-state index < -0.39 is 12.1 Å². The van der Waals surface area contributed by atoms with Gasteiger partial charge in [-0.25, -0.2) is 9.78 Å². The molecule has 0 aliphatic carbocycles. The molecule has 0 fully saturated rings. The molecule has 0 aliphatic heterocycles. The fourth-order valence-electron chi connectivity index (χ4n) is 2.83. The second-order valence-electron chi connectivity index (χ2n) is 6.03. The van der Waals surface area contributed by atoms with Gasteiger partial charge in [-0.2, -0.15) is 4.37 Å². The van der Waals surface area contributed by atoms with Crippen LogP contribution in [0, 0.1) is 6.92 Å². The molecule has 0 aromatic carbocycles. The Morgan fingerprint density at radius 1 is 1.43 bits per heavy atom. The van der Waals surface area contributed by atoms with Gasteiger partial charge in [0, 0.05) is 18.0 Å². The quantitative estimate of drug-likeness (QED) is 0.474. The normalized spacial score (nSPS) is 12.2. The van der Waals surface area contributed by atoms with Gasteiger partial charge in [0.1, 0.15) is 21.2 Å². The maximum absolute atomic E-state index is 12.7. The topological polar surface area (TPSA) is 110 Å². The summed E-state index contributed by atoms with van der Waals surface area (Å²) >= 11 is 2.52. The number of ether oxygens (including phenoxy) is 1. The van der Waals surface area contributed by atoms with Crippen LogP contribution in [-0.2, 0) is 4.74 Å². The van der Waals surface area contributed by atoms with Crippen molar-refractivity contribution in [3.63, 3.8) is 0 Å². The highest BCUT2D eigenvalue weighted by molar-refractivity contribution is 7.17. The van der Waals surface area contributed by atoms with Crippen LogP contribution in [-0.4, -0.2) is 27.4 Å². The number of nitrogens with one attached hydrogen (secondary N) is 2. The first-order valence-electron chi connectivity index (χ1n) is 8.40. The van der Waals surface area contributed by atoms with Crippen LogP contribution >= 0.6 is 22.9 Å². The minimum Gasteiger partial charge on any atom is -0.464 e. The molecule has 1 atom stereocenters. The van der Waals surface area contributed by atoms with E-state index in [9.17, 15) is 9.59 Å². The van der Waals surface area contributed by atoms with E-state index in [1.165, 1.54) is 22.9 Å². The van der Waals surface area contributed by atoms with Gasteiger partial charge in [-0.05, 0) is 37.5 Å². The number of aromatic nitrogens is 3. The lowest BCUT2D eigenvalue weighted by Gasteiger charge is -2.13. The Labute approximate surface area is 167 Å². The molecule has 0 saturated carbocycles. The molecule has 2 N–H and O–H groups in total. The fourth-order valence-corrected chi connectivity index (χ4v) is 4.50. The predicted molar refractivity (Wildman–Crippen MR) is 108 cm³/mol. The van der Waals surface area contributed by atoms with E-state index in [1.807, 2.05) is 5.38 Å². The van der Waals surface area contributed by atoms with E-state index in [0.29, 0.717) is 37.8 Å². The lowest BCUT2D eigenvalue weighted by atomic mass is 10.2. The van der Waals surface area contributed by atoms with Crippen molar-refractivity contribution in [1.82, 2.24) is 14.3 Å². The zero-order valence-corrected chi connectivity index (χ0v) is 16.9. The van der Waals surface area contributed by atoms with E-state index >= 15 is 0 Å². The Bertz CT molecular complexity index is 1210. The van der Waals surface area contributed by atoms with Gasteiger partial charge in [0.15, 0.2) is 11.9 Å². The summed E-state index contributed by atoms with van der Waals surface area (Å²) in [5.74, 6) is 0.365. The summed E-state index contributed by atoms with van der Waals surface area (Å²) in [5, 5.41) is 5.85. The Balaban J connectivity index is 1.65. The lowest BCUT2D eigenvalue weighted by molar-refractivity contribution is 0.0320. The molecule has 4 aromatic heterocycles. The van der Waals surface area contributed by atoms with Crippen molar-refractivity contribution in [1.29, 1.82) is 0 Å². The van der Waals surface area contributed by atoms with Crippen molar-refractivity contribution >= 4 is 44.1 Å². The number of esters is 1.